The van der Waals surface area contributed by atoms with E-state index in [2.05, 4.69) is 16.0 Å². The van der Waals surface area contributed by atoms with Crippen molar-refractivity contribution in [2.75, 3.05) is 6.61 Å². The highest BCUT2D eigenvalue weighted by Crippen LogP contribution is 2.26. The van der Waals surface area contributed by atoms with Crippen LogP contribution in [0, 0.1) is 20.8 Å². The fraction of sp³-hybridized carbons (Fsp3) is 0.286. The van der Waals surface area contributed by atoms with Gasteiger partial charge in [0, 0.05) is 17.1 Å². The van der Waals surface area contributed by atoms with Gasteiger partial charge in [0.15, 0.2) is 0 Å². The second kappa shape index (κ2) is 10.3. The van der Waals surface area contributed by atoms with Gasteiger partial charge in [0.05, 0.1) is 23.7 Å². The molecule has 176 valence electrons. The number of imidazole rings is 1. The number of carbonyl (C=O) groups is 1. The highest BCUT2D eigenvalue weighted by Gasteiger charge is 2.19. The van der Waals surface area contributed by atoms with E-state index in [1.807, 2.05) is 82.3 Å². The average Bonchev–Trinajstić information content (AvgIpc) is 3.19. The topological polar surface area (TPSA) is 56.2 Å². The molecule has 0 bridgehead atoms. The Balaban J connectivity index is 1.48. The summed E-state index contributed by atoms with van der Waals surface area (Å²) in [6.45, 7) is 9.22. The molecule has 3 aromatic carbocycles. The SMILES string of the molecule is Cc1cccc(C(=O)NC(C)c2nc3ccccc3n2CCCOc2cc(C)c(Cl)c(C)c2)c1. The minimum atomic E-state index is -0.247. The molecule has 0 fully saturated rings. The van der Waals surface area contributed by atoms with Crippen molar-refractivity contribution in [3.63, 3.8) is 0 Å². The lowest BCUT2D eigenvalue weighted by molar-refractivity contribution is 0.0937. The van der Waals surface area contributed by atoms with Crippen molar-refractivity contribution in [1.29, 1.82) is 0 Å². The number of fused-ring (bicyclic) bond motifs is 1. The highest BCUT2D eigenvalue weighted by molar-refractivity contribution is 6.32. The maximum absolute atomic E-state index is 12.8. The Morgan fingerprint density at radius 1 is 1.06 bits per heavy atom. The van der Waals surface area contributed by atoms with Crippen molar-refractivity contribution in [1.82, 2.24) is 14.9 Å². The van der Waals surface area contributed by atoms with Crippen molar-refractivity contribution in [2.45, 2.75) is 46.7 Å². The number of aromatic nitrogens is 2. The van der Waals surface area contributed by atoms with Gasteiger partial charge in [-0.15, -0.1) is 0 Å². The molecule has 0 aliphatic rings. The van der Waals surface area contributed by atoms with Gasteiger partial charge in [0.1, 0.15) is 11.6 Å². The summed E-state index contributed by atoms with van der Waals surface area (Å²) >= 11 is 6.27. The van der Waals surface area contributed by atoms with Gasteiger partial charge in [-0.25, -0.2) is 4.98 Å². The van der Waals surface area contributed by atoms with Crippen LogP contribution >= 0.6 is 11.6 Å². The minimum absolute atomic E-state index is 0.105. The van der Waals surface area contributed by atoms with Gasteiger partial charge in [0.2, 0.25) is 0 Å². The van der Waals surface area contributed by atoms with Crippen LogP contribution < -0.4 is 10.1 Å². The van der Waals surface area contributed by atoms with Crippen molar-refractivity contribution in [3.05, 3.63) is 93.8 Å². The smallest absolute Gasteiger partial charge is 0.251 e. The number of hydrogen-bond acceptors (Lipinski definition) is 3. The molecular formula is C28H30ClN3O2. The first-order valence-electron chi connectivity index (χ1n) is 11.6. The first-order chi connectivity index (χ1) is 16.3. The van der Waals surface area contributed by atoms with Gasteiger partial charge in [0.25, 0.3) is 5.91 Å². The second-order valence-electron chi connectivity index (χ2n) is 8.75. The third kappa shape index (κ3) is 5.26. The average molecular weight is 476 g/mol. The normalized spacial score (nSPS) is 12.0. The molecule has 5 nitrogen and oxygen atoms in total. The maximum Gasteiger partial charge on any atom is 0.251 e. The third-order valence-electron chi connectivity index (χ3n) is 5.90. The lowest BCUT2D eigenvalue weighted by Gasteiger charge is -2.17. The lowest BCUT2D eigenvalue weighted by Crippen LogP contribution is -2.29. The Morgan fingerprint density at radius 3 is 2.53 bits per heavy atom. The van der Waals surface area contributed by atoms with Gasteiger partial charge in [-0.05, 0) is 81.6 Å². The van der Waals surface area contributed by atoms with E-state index in [0.29, 0.717) is 12.2 Å². The number of hydrogen-bond donors (Lipinski definition) is 1. The Morgan fingerprint density at radius 2 is 1.79 bits per heavy atom. The number of ether oxygens (including phenoxy) is 1. The van der Waals surface area contributed by atoms with Crippen LogP contribution in [0.2, 0.25) is 5.02 Å². The number of amides is 1. The molecule has 1 heterocycles. The van der Waals surface area contributed by atoms with Crippen molar-refractivity contribution in [2.24, 2.45) is 0 Å². The van der Waals surface area contributed by atoms with E-state index >= 15 is 0 Å². The van der Waals surface area contributed by atoms with Crippen LogP contribution in [0.4, 0.5) is 0 Å². The Labute approximate surface area is 205 Å². The van der Waals surface area contributed by atoms with Gasteiger partial charge in [-0.1, -0.05) is 41.4 Å². The summed E-state index contributed by atoms with van der Waals surface area (Å²) in [5, 5.41) is 3.89. The molecule has 1 unspecified atom stereocenters. The number of para-hydroxylation sites is 2. The number of rotatable bonds is 8. The summed E-state index contributed by atoms with van der Waals surface area (Å²) in [7, 11) is 0. The Hall–Kier alpha value is -3.31. The maximum atomic E-state index is 12.8. The molecule has 4 aromatic rings. The molecule has 0 saturated heterocycles. The van der Waals surface area contributed by atoms with Crippen molar-refractivity contribution >= 4 is 28.5 Å². The molecule has 0 aliphatic carbocycles. The van der Waals surface area contributed by atoms with E-state index in [-0.39, 0.29) is 11.9 Å². The van der Waals surface area contributed by atoms with E-state index in [1.54, 1.807) is 0 Å². The number of halogens is 1. The van der Waals surface area contributed by atoms with Crippen molar-refractivity contribution in [3.8, 4) is 5.75 Å². The molecule has 1 N–H and O–H groups in total. The van der Waals surface area contributed by atoms with Gasteiger partial charge < -0.3 is 14.6 Å². The summed E-state index contributed by atoms with van der Waals surface area (Å²) in [6, 6.07) is 19.3. The van der Waals surface area contributed by atoms with Crippen LogP contribution in [0.15, 0.2) is 60.7 Å². The Bertz CT molecular complexity index is 1310. The Kier molecular flexibility index (Phi) is 7.23. The van der Waals surface area contributed by atoms with E-state index < -0.39 is 0 Å². The monoisotopic (exact) mass is 475 g/mol. The molecule has 6 heteroatoms. The highest BCUT2D eigenvalue weighted by atomic mass is 35.5. The zero-order valence-electron chi connectivity index (χ0n) is 20.1. The van der Waals surface area contributed by atoms with Crippen LogP contribution in [-0.2, 0) is 6.54 Å². The van der Waals surface area contributed by atoms with E-state index in [1.165, 1.54) is 0 Å². The lowest BCUT2D eigenvalue weighted by atomic mass is 10.1. The summed E-state index contributed by atoms with van der Waals surface area (Å²) in [6.07, 6.45) is 0.798. The summed E-state index contributed by atoms with van der Waals surface area (Å²) in [5.41, 5.74) is 5.69. The van der Waals surface area contributed by atoms with Gasteiger partial charge >= 0.3 is 0 Å². The number of nitrogens with zero attached hydrogens (tertiary/aromatic N) is 2. The molecule has 1 amide bonds. The molecule has 34 heavy (non-hydrogen) atoms. The fourth-order valence-corrected chi connectivity index (χ4v) is 4.30. The van der Waals surface area contributed by atoms with Crippen LogP contribution in [0.3, 0.4) is 0 Å². The minimum Gasteiger partial charge on any atom is -0.494 e. The molecule has 4 rings (SSSR count). The van der Waals surface area contributed by atoms with Crippen LogP contribution in [0.5, 0.6) is 5.75 Å². The predicted molar refractivity (Wildman–Crippen MR) is 138 cm³/mol. The van der Waals surface area contributed by atoms with Crippen LogP contribution in [-0.4, -0.2) is 22.1 Å². The quantitative estimate of drug-likeness (QED) is 0.293. The van der Waals surface area contributed by atoms with Crippen molar-refractivity contribution < 1.29 is 9.53 Å². The second-order valence-corrected chi connectivity index (χ2v) is 9.13. The van der Waals surface area contributed by atoms with E-state index in [9.17, 15) is 4.79 Å². The molecule has 1 aromatic heterocycles. The zero-order chi connectivity index (χ0) is 24.2. The van der Waals surface area contributed by atoms with Gasteiger partial charge in [-0.2, -0.15) is 0 Å². The van der Waals surface area contributed by atoms with Gasteiger partial charge in [-0.3, -0.25) is 4.79 Å². The fourth-order valence-electron chi connectivity index (χ4n) is 4.19. The first kappa shape index (κ1) is 23.8. The predicted octanol–water partition coefficient (Wildman–Crippen LogP) is 6.58. The van der Waals surface area contributed by atoms with Crippen LogP contribution in [0.25, 0.3) is 11.0 Å². The zero-order valence-corrected chi connectivity index (χ0v) is 20.8. The largest absolute Gasteiger partial charge is 0.494 e. The van der Waals surface area contributed by atoms with E-state index in [0.717, 1.165) is 57.3 Å². The molecular weight excluding hydrogens is 446 g/mol. The number of benzene rings is 3. The number of carbonyl (C=O) groups excluding carboxylic acids is 1. The molecule has 1 atom stereocenters. The standard InChI is InChI=1S/C28H30ClN3O2/c1-18-9-7-10-22(15-18)28(33)30-21(4)27-31-24-11-5-6-12-25(24)32(27)13-8-14-34-23-16-19(2)26(29)20(3)17-23/h5-7,9-12,15-17,21H,8,13-14H2,1-4H3,(H,30,33). The third-order valence-corrected chi connectivity index (χ3v) is 6.50. The molecule has 0 radical (unpaired) electrons. The number of nitrogens with one attached hydrogen (secondary N) is 1. The van der Waals surface area contributed by atoms with E-state index in [4.69, 9.17) is 21.3 Å². The summed E-state index contributed by atoms with van der Waals surface area (Å²) in [5.74, 6) is 1.56. The van der Waals surface area contributed by atoms with Crippen LogP contribution in [0.1, 0.15) is 52.3 Å². The number of aryl methyl sites for hydroxylation is 4. The summed E-state index contributed by atoms with van der Waals surface area (Å²) < 4.78 is 8.18. The molecule has 0 saturated carbocycles. The molecule has 0 aliphatic heterocycles. The molecule has 0 spiro atoms. The first-order valence-corrected chi connectivity index (χ1v) is 11.9. The summed E-state index contributed by atoms with van der Waals surface area (Å²) in [4.78, 5) is 17.7.